The third-order valence-electron chi connectivity index (χ3n) is 4.70. The first-order chi connectivity index (χ1) is 13.6. The number of benzene rings is 2. The summed E-state index contributed by atoms with van der Waals surface area (Å²) in [5, 5.41) is 2.82. The summed E-state index contributed by atoms with van der Waals surface area (Å²) in [6.07, 6.45) is 6.39. The van der Waals surface area contributed by atoms with Crippen LogP contribution >= 0.6 is 0 Å². The number of hydrogen-bond donors (Lipinski definition) is 1. The van der Waals surface area contributed by atoms with Gasteiger partial charge in [-0.2, -0.15) is 0 Å². The van der Waals surface area contributed by atoms with E-state index in [4.69, 9.17) is 9.47 Å². The van der Waals surface area contributed by atoms with E-state index >= 15 is 0 Å². The van der Waals surface area contributed by atoms with Crippen molar-refractivity contribution < 1.29 is 19.1 Å². The van der Waals surface area contributed by atoms with Gasteiger partial charge in [0.05, 0.1) is 19.3 Å². The third kappa shape index (κ3) is 4.42. The molecule has 0 fully saturated rings. The lowest BCUT2D eigenvalue weighted by atomic mass is 10.0. The van der Waals surface area contributed by atoms with E-state index in [1.54, 1.807) is 18.2 Å². The molecule has 0 spiro atoms. The number of unbranched alkanes of at least 4 members (excludes halogenated alkanes) is 3. The van der Waals surface area contributed by atoms with Gasteiger partial charge in [0.1, 0.15) is 5.75 Å². The fourth-order valence-electron chi connectivity index (χ4n) is 3.18. The Labute approximate surface area is 165 Å². The molecule has 146 valence electrons. The first-order valence-corrected chi connectivity index (χ1v) is 9.61. The van der Waals surface area contributed by atoms with Crippen molar-refractivity contribution in [1.29, 1.82) is 0 Å². The number of methoxy groups -OCH3 is 1. The van der Waals surface area contributed by atoms with E-state index in [1.807, 2.05) is 30.3 Å². The molecule has 1 aliphatic heterocycles. The van der Waals surface area contributed by atoms with Crippen molar-refractivity contribution in [3.8, 4) is 5.75 Å². The van der Waals surface area contributed by atoms with Crippen molar-refractivity contribution in [2.75, 3.05) is 19.0 Å². The van der Waals surface area contributed by atoms with Crippen molar-refractivity contribution in [2.24, 2.45) is 0 Å². The highest BCUT2D eigenvalue weighted by Crippen LogP contribution is 2.35. The van der Waals surface area contributed by atoms with Crippen LogP contribution < -0.4 is 10.1 Å². The molecule has 0 aromatic heterocycles. The maximum absolute atomic E-state index is 12.5. The third-order valence-corrected chi connectivity index (χ3v) is 4.70. The number of rotatable bonds is 8. The van der Waals surface area contributed by atoms with E-state index in [0.717, 1.165) is 29.7 Å². The molecule has 28 heavy (non-hydrogen) atoms. The van der Waals surface area contributed by atoms with Crippen LogP contribution in [0.15, 0.2) is 42.5 Å². The summed E-state index contributed by atoms with van der Waals surface area (Å²) < 4.78 is 10.7. The summed E-state index contributed by atoms with van der Waals surface area (Å²) in [6, 6.07) is 12.8. The minimum absolute atomic E-state index is 0.199. The smallest absolute Gasteiger partial charge is 0.337 e. The van der Waals surface area contributed by atoms with Gasteiger partial charge in [-0.25, -0.2) is 4.79 Å². The summed E-state index contributed by atoms with van der Waals surface area (Å²) in [5.41, 5.74) is 3.17. The fourth-order valence-corrected chi connectivity index (χ4v) is 3.18. The highest BCUT2D eigenvalue weighted by molar-refractivity contribution is 6.35. The maximum Gasteiger partial charge on any atom is 0.337 e. The summed E-state index contributed by atoms with van der Waals surface area (Å²) in [5.74, 6) is 0.130. The highest BCUT2D eigenvalue weighted by atomic mass is 16.5. The number of carbonyl (C=O) groups excluding carboxylic acids is 2. The fraction of sp³-hybridized carbons (Fsp3) is 0.304. The topological polar surface area (TPSA) is 64.6 Å². The molecular weight excluding hydrogens is 354 g/mol. The number of hydrogen-bond acceptors (Lipinski definition) is 4. The maximum atomic E-state index is 12.5. The van der Waals surface area contributed by atoms with Crippen molar-refractivity contribution in [1.82, 2.24) is 0 Å². The van der Waals surface area contributed by atoms with Crippen LogP contribution in [0.4, 0.5) is 5.69 Å². The molecule has 0 radical (unpaired) electrons. The van der Waals surface area contributed by atoms with Gasteiger partial charge in [0.15, 0.2) is 0 Å². The average Bonchev–Trinajstić information content (AvgIpc) is 3.02. The van der Waals surface area contributed by atoms with Crippen LogP contribution in [0.1, 0.15) is 54.1 Å². The van der Waals surface area contributed by atoms with Crippen LogP contribution in [0.2, 0.25) is 0 Å². The molecule has 5 nitrogen and oxygen atoms in total. The standard InChI is InChI=1S/C23H25NO4/c1-3-4-5-8-13-28-21-10-7-6-9-16(21)14-19-18-12-11-17(23(26)27-2)15-20(18)24-22(19)25/h6-7,9-12,14-15H,3-5,8,13H2,1-2H3,(H,24,25)/b19-14+. The quantitative estimate of drug-likeness (QED) is 0.401. The van der Waals surface area contributed by atoms with Crippen molar-refractivity contribution in [3.63, 3.8) is 0 Å². The summed E-state index contributed by atoms with van der Waals surface area (Å²) >= 11 is 0. The molecule has 0 unspecified atom stereocenters. The second kappa shape index (κ2) is 9.22. The predicted octanol–water partition coefficient (Wildman–Crippen LogP) is 4.93. The molecule has 1 heterocycles. The lowest BCUT2D eigenvalue weighted by Crippen LogP contribution is -2.05. The number of para-hydroxylation sites is 1. The molecule has 1 aliphatic rings. The number of amides is 1. The molecule has 1 amide bonds. The van der Waals surface area contributed by atoms with Gasteiger partial charge in [-0.15, -0.1) is 0 Å². The van der Waals surface area contributed by atoms with E-state index < -0.39 is 5.97 Å². The number of nitrogens with one attached hydrogen (secondary N) is 1. The molecule has 2 aromatic carbocycles. The van der Waals surface area contributed by atoms with Crippen LogP contribution in [-0.4, -0.2) is 25.6 Å². The molecule has 1 N–H and O–H groups in total. The molecule has 5 heteroatoms. The molecule has 0 atom stereocenters. The second-order valence-corrected chi connectivity index (χ2v) is 6.71. The summed E-state index contributed by atoms with van der Waals surface area (Å²) in [4.78, 5) is 24.2. The van der Waals surface area contributed by atoms with Gasteiger partial charge in [0, 0.05) is 22.4 Å². The summed E-state index contributed by atoms with van der Waals surface area (Å²) in [7, 11) is 1.33. The van der Waals surface area contributed by atoms with E-state index in [0.29, 0.717) is 23.4 Å². The zero-order valence-corrected chi connectivity index (χ0v) is 16.3. The Morgan fingerprint density at radius 1 is 1.11 bits per heavy atom. The number of esters is 1. The lowest BCUT2D eigenvalue weighted by molar-refractivity contribution is -0.110. The Balaban J connectivity index is 1.83. The molecule has 2 aromatic rings. The van der Waals surface area contributed by atoms with E-state index in [1.165, 1.54) is 20.0 Å². The number of fused-ring (bicyclic) bond motifs is 1. The SMILES string of the molecule is CCCCCCOc1ccccc1/C=C1/C(=O)Nc2cc(C(=O)OC)ccc21. The Morgan fingerprint density at radius 2 is 1.93 bits per heavy atom. The molecule has 0 bridgehead atoms. The van der Waals surface area contributed by atoms with Crippen LogP contribution in [0, 0.1) is 0 Å². The minimum atomic E-state index is -0.434. The zero-order chi connectivity index (χ0) is 19.9. The Bertz CT molecular complexity index is 901. The van der Waals surface area contributed by atoms with Crippen molar-refractivity contribution in [2.45, 2.75) is 32.6 Å². The Kier molecular flexibility index (Phi) is 6.48. The Hall–Kier alpha value is -3.08. The molecular formula is C23H25NO4. The lowest BCUT2D eigenvalue weighted by Gasteiger charge is -2.09. The van der Waals surface area contributed by atoms with Gasteiger partial charge in [-0.3, -0.25) is 4.79 Å². The molecule has 0 aliphatic carbocycles. The van der Waals surface area contributed by atoms with Gasteiger partial charge in [0.2, 0.25) is 0 Å². The molecule has 0 saturated carbocycles. The number of carbonyl (C=O) groups is 2. The van der Waals surface area contributed by atoms with E-state index in [-0.39, 0.29) is 5.91 Å². The monoisotopic (exact) mass is 379 g/mol. The van der Waals surface area contributed by atoms with E-state index in [2.05, 4.69) is 12.2 Å². The van der Waals surface area contributed by atoms with Crippen molar-refractivity contribution >= 4 is 29.2 Å². The number of ether oxygens (including phenoxy) is 2. The van der Waals surface area contributed by atoms with Gasteiger partial charge in [-0.1, -0.05) is 50.5 Å². The first-order valence-electron chi connectivity index (χ1n) is 9.61. The average molecular weight is 379 g/mol. The zero-order valence-electron chi connectivity index (χ0n) is 16.3. The largest absolute Gasteiger partial charge is 0.493 e. The van der Waals surface area contributed by atoms with Gasteiger partial charge in [0.25, 0.3) is 5.91 Å². The minimum Gasteiger partial charge on any atom is -0.493 e. The van der Waals surface area contributed by atoms with Crippen LogP contribution in [-0.2, 0) is 9.53 Å². The van der Waals surface area contributed by atoms with Crippen molar-refractivity contribution in [3.05, 3.63) is 59.2 Å². The van der Waals surface area contributed by atoms with Gasteiger partial charge in [-0.05, 0) is 30.7 Å². The van der Waals surface area contributed by atoms with Crippen LogP contribution in [0.5, 0.6) is 5.75 Å². The second-order valence-electron chi connectivity index (χ2n) is 6.71. The van der Waals surface area contributed by atoms with Crippen LogP contribution in [0.25, 0.3) is 11.6 Å². The Morgan fingerprint density at radius 3 is 2.71 bits per heavy atom. The highest BCUT2D eigenvalue weighted by Gasteiger charge is 2.25. The van der Waals surface area contributed by atoms with Gasteiger partial charge < -0.3 is 14.8 Å². The molecule has 0 saturated heterocycles. The number of anilines is 1. The molecule has 3 rings (SSSR count). The van der Waals surface area contributed by atoms with Gasteiger partial charge >= 0.3 is 5.97 Å². The summed E-state index contributed by atoms with van der Waals surface area (Å²) in [6.45, 7) is 2.84. The normalized spacial score (nSPS) is 13.9. The van der Waals surface area contributed by atoms with Crippen LogP contribution in [0.3, 0.4) is 0 Å². The predicted molar refractivity (Wildman–Crippen MR) is 110 cm³/mol. The van der Waals surface area contributed by atoms with E-state index in [9.17, 15) is 9.59 Å². The first kappa shape index (κ1) is 19.7.